The molecule has 0 amide bonds. The molecule has 0 spiro atoms. The number of aliphatic hydroxyl groups is 1. The fourth-order valence-electron chi connectivity index (χ4n) is 1.85. The highest BCUT2D eigenvalue weighted by Crippen LogP contribution is 2.27. The van der Waals surface area contributed by atoms with Gasteiger partial charge in [-0.3, -0.25) is 0 Å². The Morgan fingerprint density at radius 2 is 2.10 bits per heavy atom. The first-order chi connectivity index (χ1) is 9.49. The van der Waals surface area contributed by atoms with Crippen LogP contribution in [0.3, 0.4) is 0 Å². The van der Waals surface area contributed by atoms with Crippen LogP contribution in [0.15, 0.2) is 18.2 Å². The molecular weight excluding hydrogens is 258 g/mol. The second-order valence-corrected chi connectivity index (χ2v) is 4.78. The van der Waals surface area contributed by atoms with Gasteiger partial charge in [-0.2, -0.15) is 0 Å². The van der Waals surface area contributed by atoms with E-state index in [2.05, 4.69) is 4.90 Å². The van der Waals surface area contributed by atoms with E-state index in [1.54, 1.807) is 19.1 Å². The zero-order valence-electron chi connectivity index (χ0n) is 12.5. The second kappa shape index (κ2) is 7.87. The van der Waals surface area contributed by atoms with Crippen LogP contribution in [0.1, 0.15) is 24.2 Å². The lowest BCUT2D eigenvalue weighted by Crippen LogP contribution is -2.17. The Hall–Kier alpha value is -1.59. The third kappa shape index (κ3) is 4.51. The number of esters is 1. The zero-order valence-corrected chi connectivity index (χ0v) is 12.5. The van der Waals surface area contributed by atoms with Crippen LogP contribution < -0.4 is 4.74 Å². The Labute approximate surface area is 120 Å². The third-order valence-electron chi connectivity index (χ3n) is 2.95. The number of methoxy groups -OCH3 is 1. The topological polar surface area (TPSA) is 59.0 Å². The number of ether oxygens (including phenoxy) is 2. The summed E-state index contributed by atoms with van der Waals surface area (Å²) in [5.41, 5.74) is 1.49. The number of carbonyl (C=O) groups is 1. The number of hydrogen-bond donors (Lipinski definition) is 1. The molecule has 0 saturated carbocycles. The summed E-state index contributed by atoms with van der Waals surface area (Å²) in [5.74, 6) is -0.172. The van der Waals surface area contributed by atoms with Crippen LogP contribution in [0.25, 0.3) is 0 Å². The van der Waals surface area contributed by atoms with Gasteiger partial charge >= 0.3 is 5.97 Å². The summed E-state index contributed by atoms with van der Waals surface area (Å²) in [7, 11) is 5.51. The maximum atomic E-state index is 11.7. The van der Waals surface area contributed by atoms with Crippen LogP contribution in [-0.4, -0.2) is 50.3 Å². The Kier molecular flexibility index (Phi) is 6.48. The minimum absolute atomic E-state index is 0.235. The van der Waals surface area contributed by atoms with Crippen molar-refractivity contribution >= 4 is 5.97 Å². The van der Waals surface area contributed by atoms with E-state index in [1.807, 2.05) is 20.2 Å². The molecule has 1 rings (SSSR count). The molecule has 1 N–H and O–H groups in total. The van der Waals surface area contributed by atoms with E-state index in [0.29, 0.717) is 11.3 Å². The van der Waals surface area contributed by atoms with Crippen molar-refractivity contribution in [3.63, 3.8) is 0 Å². The van der Waals surface area contributed by atoms with Gasteiger partial charge < -0.3 is 19.5 Å². The van der Waals surface area contributed by atoms with E-state index in [1.165, 1.54) is 7.11 Å². The van der Waals surface area contributed by atoms with E-state index in [4.69, 9.17) is 9.47 Å². The molecule has 1 atom stereocenters. The predicted molar refractivity (Wildman–Crippen MR) is 76.8 cm³/mol. The molecule has 0 aliphatic heterocycles. The molecule has 0 heterocycles. The maximum Gasteiger partial charge on any atom is 0.339 e. The highest BCUT2D eigenvalue weighted by Gasteiger charge is 2.22. The van der Waals surface area contributed by atoms with Gasteiger partial charge in [-0.05, 0) is 45.1 Å². The smallest absolute Gasteiger partial charge is 0.339 e. The summed E-state index contributed by atoms with van der Waals surface area (Å²) >= 11 is 0. The second-order valence-electron chi connectivity index (χ2n) is 4.78. The zero-order chi connectivity index (χ0) is 15.1. The van der Waals surface area contributed by atoms with E-state index in [9.17, 15) is 9.90 Å². The van der Waals surface area contributed by atoms with Crippen LogP contribution in [-0.2, 0) is 16.0 Å². The van der Waals surface area contributed by atoms with Crippen molar-refractivity contribution in [1.29, 1.82) is 0 Å². The summed E-state index contributed by atoms with van der Waals surface area (Å²) in [6.45, 7) is 2.83. The van der Waals surface area contributed by atoms with Gasteiger partial charge in [-0.25, -0.2) is 4.79 Å². The number of hydrogen-bond acceptors (Lipinski definition) is 5. The first-order valence-electron chi connectivity index (χ1n) is 6.65. The number of aliphatic hydroxyl groups excluding tert-OH is 1. The molecule has 0 aromatic heterocycles. The SMILES string of the molecule is CCOC(=O)C(O)c1cc(CCN(C)C)ccc1OC. The molecule has 0 fully saturated rings. The van der Waals surface area contributed by atoms with Crippen molar-refractivity contribution in [3.8, 4) is 5.75 Å². The molecule has 1 aromatic carbocycles. The van der Waals surface area contributed by atoms with Gasteiger partial charge in [0.2, 0.25) is 0 Å². The normalized spacial score (nSPS) is 12.3. The summed E-state index contributed by atoms with van der Waals surface area (Å²) in [4.78, 5) is 13.7. The van der Waals surface area contributed by atoms with Crippen molar-refractivity contribution in [1.82, 2.24) is 4.90 Å². The standard InChI is InChI=1S/C15H23NO4/c1-5-20-15(18)14(17)12-10-11(8-9-16(2)3)6-7-13(12)19-4/h6-7,10,14,17H,5,8-9H2,1-4H3. The average molecular weight is 281 g/mol. The van der Waals surface area contributed by atoms with Crippen molar-refractivity contribution in [3.05, 3.63) is 29.3 Å². The molecule has 112 valence electrons. The van der Waals surface area contributed by atoms with Crippen molar-refractivity contribution < 1.29 is 19.4 Å². The highest BCUT2D eigenvalue weighted by molar-refractivity contribution is 5.77. The molecular formula is C15H23NO4. The first kappa shape index (κ1) is 16.5. The summed E-state index contributed by atoms with van der Waals surface area (Å²) in [6.07, 6.45) is -0.483. The number of likely N-dealkylation sites (N-methyl/N-ethyl adjacent to an activating group) is 1. The summed E-state index contributed by atoms with van der Waals surface area (Å²) < 4.78 is 10.0. The van der Waals surface area contributed by atoms with Gasteiger partial charge in [0.1, 0.15) is 5.75 Å². The van der Waals surface area contributed by atoms with Crippen LogP contribution in [0, 0.1) is 0 Å². The van der Waals surface area contributed by atoms with E-state index in [0.717, 1.165) is 18.5 Å². The fourth-order valence-corrected chi connectivity index (χ4v) is 1.85. The Balaban J connectivity index is 2.96. The van der Waals surface area contributed by atoms with Crippen LogP contribution in [0.5, 0.6) is 5.75 Å². The van der Waals surface area contributed by atoms with E-state index in [-0.39, 0.29) is 6.61 Å². The number of rotatable bonds is 7. The monoisotopic (exact) mass is 281 g/mol. The third-order valence-corrected chi connectivity index (χ3v) is 2.95. The summed E-state index contributed by atoms with van der Waals surface area (Å²) in [5, 5.41) is 10.1. The lowest BCUT2D eigenvalue weighted by atomic mass is 10.0. The molecule has 1 unspecified atom stereocenters. The number of nitrogens with zero attached hydrogens (tertiary/aromatic N) is 1. The largest absolute Gasteiger partial charge is 0.496 e. The Bertz CT molecular complexity index is 445. The molecule has 0 aliphatic rings. The van der Waals surface area contributed by atoms with Gasteiger partial charge in [0.25, 0.3) is 0 Å². The Morgan fingerprint density at radius 3 is 2.65 bits per heavy atom. The van der Waals surface area contributed by atoms with Gasteiger partial charge in [0, 0.05) is 12.1 Å². The molecule has 5 heteroatoms. The highest BCUT2D eigenvalue weighted by atomic mass is 16.5. The van der Waals surface area contributed by atoms with Crippen LogP contribution in [0.2, 0.25) is 0 Å². The van der Waals surface area contributed by atoms with Crippen molar-refractivity contribution in [2.75, 3.05) is 34.4 Å². The number of carbonyl (C=O) groups excluding carboxylic acids is 1. The minimum Gasteiger partial charge on any atom is -0.496 e. The molecule has 1 aromatic rings. The first-order valence-corrected chi connectivity index (χ1v) is 6.65. The van der Waals surface area contributed by atoms with Crippen molar-refractivity contribution in [2.45, 2.75) is 19.4 Å². The van der Waals surface area contributed by atoms with Crippen LogP contribution >= 0.6 is 0 Å². The lowest BCUT2D eigenvalue weighted by molar-refractivity contribution is -0.153. The van der Waals surface area contributed by atoms with Gasteiger partial charge in [0.05, 0.1) is 13.7 Å². The number of benzene rings is 1. The maximum absolute atomic E-state index is 11.7. The molecule has 0 bridgehead atoms. The predicted octanol–water partition coefficient (Wildman–Crippen LogP) is 1.40. The van der Waals surface area contributed by atoms with E-state index >= 15 is 0 Å². The van der Waals surface area contributed by atoms with Crippen LogP contribution in [0.4, 0.5) is 0 Å². The van der Waals surface area contributed by atoms with E-state index < -0.39 is 12.1 Å². The van der Waals surface area contributed by atoms with Gasteiger partial charge in [-0.15, -0.1) is 0 Å². The molecule has 5 nitrogen and oxygen atoms in total. The average Bonchev–Trinajstić information content (AvgIpc) is 2.44. The molecule has 0 radical (unpaired) electrons. The molecule has 20 heavy (non-hydrogen) atoms. The minimum atomic E-state index is -1.32. The molecule has 0 aliphatic carbocycles. The lowest BCUT2D eigenvalue weighted by Gasteiger charge is -2.16. The summed E-state index contributed by atoms with van der Waals surface area (Å²) in [6, 6.07) is 5.50. The van der Waals surface area contributed by atoms with Crippen molar-refractivity contribution in [2.24, 2.45) is 0 Å². The Morgan fingerprint density at radius 1 is 1.40 bits per heavy atom. The van der Waals surface area contributed by atoms with Gasteiger partial charge in [0.15, 0.2) is 6.10 Å². The van der Waals surface area contributed by atoms with Gasteiger partial charge in [-0.1, -0.05) is 6.07 Å². The quantitative estimate of drug-likeness (QED) is 0.766. The fraction of sp³-hybridized carbons (Fsp3) is 0.533. The molecule has 0 saturated heterocycles.